The molecule has 0 saturated carbocycles. The van der Waals surface area contributed by atoms with Gasteiger partial charge in [-0.2, -0.15) is 9.82 Å². The minimum Gasteiger partial charge on any atom is -0.493 e. The SMILES string of the molecule is COc1cc(/C=N\NC(=O)[C@@H](Cc2ccccc2)NS(=O)(=O)c2ccc(C)cc2)ccc1OCc1ccccc1. The van der Waals surface area contributed by atoms with Gasteiger partial charge in [0.15, 0.2) is 11.5 Å². The fourth-order valence-electron chi connectivity index (χ4n) is 3.88. The molecular weight excluding hydrogens is 526 g/mol. The van der Waals surface area contributed by atoms with Crippen molar-refractivity contribution in [3.05, 3.63) is 125 Å². The lowest BCUT2D eigenvalue weighted by molar-refractivity contribution is -0.122. The first-order valence-electron chi connectivity index (χ1n) is 12.6. The summed E-state index contributed by atoms with van der Waals surface area (Å²) < 4.78 is 39.9. The van der Waals surface area contributed by atoms with Crippen molar-refractivity contribution in [2.75, 3.05) is 7.11 Å². The maximum absolute atomic E-state index is 13.1. The van der Waals surface area contributed by atoms with Gasteiger partial charge in [0.2, 0.25) is 10.0 Å². The average Bonchev–Trinajstić information content (AvgIpc) is 2.97. The molecule has 4 rings (SSSR count). The van der Waals surface area contributed by atoms with E-state index in [2.05, 4.69) is 15.2 Å². The van der Waals surface area contributed by atoms with E-state index in [1.54, 1.807) is 37.4 Å². The molecule has 0 aliphatic heterocycles. The van der Waals surface area contributed by atoms with E-state index in [-0.39, 0.29) is 11.3 Å². The van der Waals surface area contributed by atoms with Crippen LogP contribution in [-0.2, 0) is 27.8 Å². The van der Waals surface area contributed by atoms with Crippen LogP contribution >= 0.6 is 0 Å². The van der Waals surface area contributed by atoms with Crippen molar-refractivity contribution in [1.82, 2.24) is 10.1 Å². The zero-order chi connectivity index (χ0) is 28.4. The zero-order valence-corrected chi connectivity index (χ0v) is 23.1. The number of carbonyl (C=O) groups is 1. The Kier molecular flexibility index (Phi) is 9.66. The Morgan fingerprint density at radius 3 is 2.17 bits per heavy atom. The molecule has 206 valence electrons. The fraction of sp³-hybridized carbons (Fsp3) is 0.161. The fourth-order valence-corrected chi connectivity index (χ4v) is 5.07. The number of carbonyl (C=O) groups excluding carboxylic acids is 1. The molecule has 0 radical (unpaired) electrons. The van der Waals surface area contributed by atoms with Gasteiger partial charge in [-0.1, -0.05) is 78.4 Å². The van der Waals surface area contributed by atoms with Crippen molar-refractivity contribution < 1.29 is 22.7 Å². The number of nitrogens with one attached hydrogen (secondary N) is 2. The standard InChI is InChI=1S/C31H31N3O5S/c1-23-13-16-27(17-14-23)40(36,37)34-28(19-24-9-5-3-6-10-24)31(35)33-32-21-26-15-18-29(30(20-26)38-2)39-22-25-11-7-4-8-12-25/h3-18,20-21,28,34H,19,22H2,1-2H3,(H,33,35)/b32-21-/t28-/m1/s1. The van der Waals surface area contributed by atoms with E-state index in [1.165, 1.54) is 18.3 Å². The molecule has 8 nitrogen and oxygen atoms in total. The Morgan fingerprint density at radius 2 is 1.52 bits per heavy atom. The van der Waals surface area contributed by atoms with Crippen LogP contribution in [0.15, 0.2) is 113 Å². The van der Waals surface area contributed by atoms with Crippen LogP contribution in [-0.4, -0.2) is 33.7 Å². The quantitative estimate of drug-likeness (QED) is 0.195. The summed E-state index contributed by atoms with van der Waals surface area (Å²) in [6.07, 6.45) is 1.60. The highest BCUT2D eigenvalue weighted by Gasteiger charge is 2.26. The molecule has 0 aliphatic carbocycles. The van der Waals surface area contributed by atoms with Crippen molar-refractivity contribution in [3.63, 3.8) is 0 Å². The number of benzene rings is 4. The molecule has 1 atom stereocenters. The summed E-state index contributed by atoms with van der Waals surface area (Å²) in [5.41, 5.74) is 5.88. The van der Waals surface area contributed by atoms with Crippen LogP contribution in [0.2, 0.25) is 0 Å². The van der Waals surface area contributed by atoms with E-state index in [4.69, 9.17) is 9.47 Å². The van der Waals surface area contributed by atoms with Gasteiger partial charge < -0.3 is 9.47 Å². The van der Waals surface area contributed by atoms with E-state index >= 15 is 0 Å². The Bertz CT molecular complexity index is 1540. The van der Waals surface area contributed by atoms with Crippen LogP contribution < -0.4 is 19.6 Å². The number of nitrogens with zero attached hydrogens (tertiary/aromatic N) is 1. The minimum atomic E-state index is -3.95. The smallest absolute Gasteiger partial charge is 0.258 e. The molecule has 9 heteroatoms. The van der Waals surface area contributed by atoms with E-state index in [0.717, 1.165) is 16.7 Å². The van der Waals surface area contributed by atoms with Crippen LogP contribution in [0.5, 0.6) is 11.5 Å². The number of amides is 1. The molecule has 40 heavy (non-hydrogen) atoms. The predicted molar refractivity (Wildman–Crippen MR) is 155 cm³/mol. The van der Waals surface area contributed by atoms with Crippen LogP contribution in [0.1, 0.15) is 22.3 Å². The number of ether oxygens (including phenoxy) is 2. The van der Waals surface area contributed by atoms with Crippen LogP contribution in [0.4, 0.5) is 0 Å². The van der Waals surface area contributed by atoms with Crippen molar-refractivity contribution in [3.8, 4) is 11.5 Å². The largest absolute Gasteiger partial charge is 0.493 e. The summed E-state index contributed by atoms with van der Waals surface area (Å²) in [5.74, 6) is 0.491. The molecule has 0 saturated heterocycles. The molecule has 0 aromatic heterocycles. The summed E-state index contributed by atoms with van der Waals surface area (Å²) in [7, 11) is -2.41. The first kappa shape index (κ1) is 28.5. The Balaban J connectivity index is 1.45. The molecular formula is C31H31N3O5S. The summed E-state index contributed by atoms with van der Waals surface area (Å²) in [6, 6.07) is 29.6. The molecule has 1 amide bonds. The van der Waals surface area contributed by atoms with E-state index in [0.29, 0.717) is 23.7 Å². The van der Waals surface area contributed by atoms with Gasteiger partial charge in [-0.3, -0.25) is 4.79 Å². The lowest BCUT2D eigenvalue weighted by Crippen LogP contribution is -2.46. The van der Waals surface area contributed by atoms with Gasteiger partial charge in [0.25, 0.3) is 5.91 Å². The first-order valence-corrected chi connectivity index (χ1v) is 14.1. The normalized spacial score (nSPS) is 12.2. The second kappa shape index (κ2) is 13.5. The highest BCUT2D eigenvalue weighted by Crippen LogP contribution is 2.28. The highest BCUT2D eigenvalue weighted by atomic mass is 32.2. The zero-order valence-electron chi connectivity index (χ0n) is 22.3. The molecule has 0 aliphatic rings. The molecule has 4 aromatic carbocycles. The summed E-state index contributed by atoms with van der Waals surface area (Å²) >= 11 is 0. The van der Waals surface area contributed by atoms with Gasteiger partial charge in [0.1, 0.15) is 12.6 Å². The molecule has 0 spiro atoms. The van der Waals surface area contributed by atoms with Crippen LogP contribution in [0.3, 0.4) is 0 Å². The number of methoxy groups -OCH3 is 1. The highest BCUT2D eigenvalue weighted by molar-refractivity contribution is 7.89. The monoisotopic (exact) mass is 557 g/mol. The Labute approximate surface area is 234 Å². The second-order valence-electron chi connectivity index (χ2n) is 9.10. The third kappa shape index (κ3) is 8.02. The third-order valence-electron chi connectivity index (χ3n) is 6.04. The van der Waals surface area contributed by atoms with Gasteiger partial charge in [0.05, 0.1) is 18.2 Å². The van der Waals surface area contributed by atoms with Gasteiger partial charge >= 0.3 is 0 Å². The third-order valence-corrected chi connectivity index (χ3v) is 7.53. The number of hydrazone groups is 1. The topological polar surface area (TPSA) is 106 Å². The molecule has 0 heterocycles. The molecule has 4 aromatic rings. The van der Waals surface area contributed by atoms with Crippen LogP contribution in [0.25, 0.3) is 0 Å². The van der Waals surface area contributed by atoms with Crippen molar-refractivity contribution in [2.45, 2.75) is 30.9 Å². The molecule has 0 fully saturated rings. The van der Waals surface area contributed by atoms with Crippen molar-refractivity contribution >= 4 is 22.1 Å². The summed E-state index contributed by atoms with van der Waals surface area (Å²) in [4.78, 5) is 13.2. The Hall–Kier alpha value is -4.47. The van der Waals surface area contributed by atoms with Crippen molar-refractivity contribution in [1.29, 1.82) is 0 Å². The number of sulfonamides is 1. The van der Waals surface area contributed by atoms with Crippen LogP contribution in [0, 0.1) is 6.92 Å². The van der Waals surface area contributed by atoms with E-state index in [1.807, 2.05) is 67.6 Å². The van der Waals surface area contributed by atoms with Gasteiger partial charge in [-0.05, 0) is 60.4 Å². The average molecular weight is 558 g/mol. The number of hydrogen-bond acceptors (Lipinski definition) is 6. The van der Waals surface area contributed by atoms with E-state index < -0.39 is 22.0 Å². The lowest BCUT2D eigenvalue weighted by atomic mass is 10.1. The molecule has 0 bridgehead atoms. The lowest BCUT2D eigenvalue weighted by Gasteiger charge is -2.17. The van der Waals surface area contributed by atoms with Gasteiger partial charge in [0, 0.05) is 0 Å². The summed E-state index contributed by atoms with van der Waals surface area (Å²) in [6.45, 7) is 2.26. The number of hydrogen-bond donors (Lipinski definition) is 2. The van der Waals surface area contributed by atoms with Crippen molar-refractivity contribution in [2.24, 2.45) is 5.10 Å². The first-order chi connectivity index (χ1) is 19.3. The van der Waals surface area contributed by atoms with Gasteiger partial charge in [-0.15, -0.1) is 0 Å². The number of aryl methyl sites for hydroxylation is 1. The van der Waals surface area contributed by atoms with Gasteiger partial charge in [-0.25, -0.2) is 13.8 Å². The maximum atomic E-state index is 13.1. The van der Waals surface area contributed by atoms with E-state index in [9.17, 15) is 13.2 Å². The predicted octanol–water partition coefficient (Wildman–Crippen LogP) is 4.62. The summed E-state index contributed by atoms with van der Waals surface area (Å²) in [5, 5.41) is 4.06. The minimum absolute atomic E-state index is 0.0779. The second-order valence-corrected chi connectivity index (χ2v) is 10.8. The maximum Gasteiger partial charge on any atom is 0.258 e. The molecule has 0 unspecified atom stereocenters. The number of rotatable bonds is 12. The molecule has 2 N–H and O–H groups in total. The Morgan fingerprint density at radius 1 is 0.875 bits per heavy atom.